The van der Waals surface area contributed by atoms with Crippen LogP contribution >= 0.6 is 46.4 Å². The molecule has 9 heteroatoms. The molecule has 0 aliphatic heterocycles. The van der Waals surface area contributed by atoms with Gasteiger partial charge in [-0.15, -0.1) is 23.2 Å². The molecule has 0 spiro atoms. The number of carboxylic acids is 1. The molecule has 1 aliphatic rings. The highest BCUT2D eigenvalue weighted by atomic mass is 35.5. The second kappa shape index (κ2) is 9.25. The van der Waals surface area contributed by atoms with E-state index in [0.29, 0.717) is 38.9 Å². The van der Waals surface area contributed by atoms with Crippen molar-refractivity contribution in [2.24, 2.45) is 0 Å². The van der Waals surface area contributed by atoms with E-state index in [9.17, 15) is 9.90 Å². The number of benzene rings is 2. The van der Waals surface area contributed by atoms with E-state index in [1.54, 1.807) is 36.4 Å². The van der Waals surface area contributed by atoms with Crippen molar-refractivity contribution in [2.45, 2.75) is 23.0 Å². The summed E-state index contributed by atoms with van der Waals surface area (Å²) >= 11 is 25.1. The molecule has 30 heavy (non-hydrogen) atoms. The van der Waals surface area contributed by atoms with E-state index >= 15 is 0 Å². The molecule has 0 saturated heterocycles. The maximum atomic E-state index is 11.7. The van der Waals surface area contributed by atoms with Crippen LogP contribution in [0, 0.1) is 0 Å². The van der Waals surface area contributed by atoms with E-state index in [-0.39, 0.29) is 11.5 Å². The molecule has 2 aromatic carbocycles. The molecule has 2 unspecified atom stereocenters. The summed E-state index contributed by atoms with van der Waals surface area (Å²) in [6.45, 7) is 0. The van der Waals surface area contributed by atoms with Crippen molar-refractivity contribution in [2.75, 3.05) is 14.2 Å². The van der Waals surface area contributed by atoms with E-state index in [0.717, 1.165) is 6.26 Å². The van der Waals surface area contributed by atoms with Crippen molar-refractivity contribution in [3.05, 3.63) is 69.4 Å². The zero-order valence-corrected chi connectivity index (χ0v) is 19.0. The third kappa shape index (κ3) is 4.82. The maximum Gasteiger partial charge on any atom is 0.339 e. The third-order valence-electron chi connectivity index (χ3n) is 4.66. The Morgan fingerprint density at radius 3 is 2.30 bits per heavy atom. The van der Waals surface area contributed by atoms with Crippen molar-refractivity contribution in [1.29, 1.82) is 0 Å². The number of carboxylic acid groups (broad SMARTS) is 1. The van der Waals surface area contributed by atoms with Crippen molar-refractivity contribution in [1.82, 2.24) is 0 Å². The zero-order valence-electron chi connectivity index (χ0n) is 16.0. The lowest BCUT2D eigenvalue weighted by atomic mass is 10.00. The summed E-state index contributed by atoms with van der Waals surface area (Å²) < 4.78 is 15.5. The number of hydrogen-bond donors (Lipinski definition) is 1. The number of methoxy groups -OCH3 is 2. The van der Waals surface area contributed by atoms with Gasteiger partial charge in [-0.3, -0.25) is 0 Å². The average molecular weight is 492 g/mol. The number of hydrogen-bond acceptors (Lipinski definition) is 4. The second-order valence-corrected chi connectivity index (χ2v) is 9.02. The first-order chi connectivity index (χ1) is 14.2. The van der Waals surface area contributed by atoms with Gasteiger partial charge in [-0.25, -0.2) is 4.79 Å². The standard InChI is InChI=1S/C21H18Cl4O5/c1-28-10-14(19(26)27)12-5-3-4-6-13(12)20(29-2)30-11-7-16(22)18(17(23)8-11)15-9-21(15,24)25/h3-8,10,15,20H,9H2,1-2H3,(H,26,27). The van der Waals surface area contributed by atoms with Crippen LogP contribution in [-0.2, 0) is 14.3 Å². The Hall–Kier alpha value is -1.63. The van der Waals surface area contributed by atoms with Gasteiger partial charge in [0.1, 0.15) is 15.7 Å². The molecule has 2 atom stereocenters. The van der Waals surface area contributed by atoms with Crippen LogP contribution in [0.5, 0.6) is 5.75 Å². The predicted octanol–water partition coefficient (Wildman–Crippen LogP) is 6.45. The van der Waals surface area contributed by atoms with Crippen LogP contribution in [0.3, 0.4) is 0 Å². The molecule has 5 nitrogen and oxygen atoms in total. The van der Waals surface area contributed by atoms with E-state index in [2.05, 4.69) is 0 Å². The number of ether oxygens (including phenoxy) is 3. The highest BCUT2D eigenvalue weighted by molar-refractivity contribution is 6.52. The lowest BCUT2D eigenvalue weighted by Gasteiger charge is -2.21. The van der Waals surface area contributed by atoms with Crippen LogP contribution < -0.4 is 4.74 Å². The summed E-state index contributed by atoms with van der Waals surface area (Å²) in [7, 11) is 2.82. The van der Waals surface area contributed by atoms with Crippen LogP contribution in [0.15, 0.2) is 42.7 Å². The van der Waals surface area contributed by atoms with Gasteiger partial charge in [-0.05, 0) is 24.1 Å². The van der Waals surface area contributed by atoms with Gasteiger partial charge in [-0.2, -0.15) is 0 Å². The van der Waals surface area contributed by atoms with Gasteiger partial charge >= 0.3 is 5.97 Å². The van der Waals surface area contributed by atoms with Gasteiger partial charge in [0.25, 0.3) is 0 Å². The lowest BCUT2D eigenvalue weighted by molar-refractivity contribution is -0.130. The monoisotopic (exact) mass is 490 g/mol. The minimum atomic E-state index is -1.15. The summed E-state index contributed by atoms with van der Waals surface area (Å²) in [4.78, 5) is 11.7. The first-order valence-electron chi connectivity index (χ1n) is 8.81. The molecular formula is C21H18Cl4O5. The minimum absolute atomic E-state index is 0.0422. The first kappa shape index (κ1) is 23.0. The summed E-state index contributed by atoms with van der Waals surface area (Å²) in [6.07, 6.45) is 0.782. The van der Waals surface area contributed by atoms with Crippen LogP contribution in [0.2, 0.25) is 10.0 Å². The number of halogens is 4. The number of rotatable bonds is 8. The van der Waals surface area contributed by atoms with Gasteiger partial charge < -0.3 is 19.3 Å². The number of aliphatic carboxylic acids is 1. The largest absolute Gasteiger partial charge is 0.503 e. The quantitative estimate of drug-likeness (QED) is 0.199. The molecular weight excluding hydrogens is 474 g/mol. The number of alkyl halides is 2. The Bertz CT molecular complexity index is 966. The summed E-state index contributed by atoms with van der Waals surface area (Å²) in [5, 5.41) is 10.3. The lowest BCUT2D eigenvalue weighted by Crippen LogP contribution is -2.14. The molecule has 1 N–H and O–H groups in total. The van der Waals surface area contributed by atoms with E-state index in [1.165, 1.54) is 14.2 Å². The molecule has 0 aromatic heterocycles. The average Bonchev–Trinajstić information content (AvgIpc) is 3.30. The van der Waals surface area contributed by atoms with Gasteiger partial charge in [0.05, 0.1) is 13.4 Å². The van der Waals surface area contributed by atoms with E-state index in [1.807, 2.05) is 0 Å². The summed E-state index contributed by atoms with van der Waals surface area (Å²) in [6, 6.07) is 10.00. The van der Waals surface area contributed by atoms with Crippen LogP contribution in [0.1, 0.15) is 35.3 Å². The Kier molecular flexibility index (Phi) is 7.10. The van der Waals surface area contributed by atoms with Gasteiger partial charge in [0, 0.05) is 34.2 Å². The molecule has 160 valence electrons. The van der Waals surface area contributed by atoms with Crippen molar-refractivity contribution in [3.8, 4) is 5.75 Å². The molecule has 1 aliphatic carbocycles. The SMILES string of the molecule is COC=C(C(=O)O)c1ccccc1C(OC)Oc1cc(Cl)c(C2CC2(Cl)Cl)c(Cl)c1. The van der Waals surface area contributed by atoms with Gasteiger partial charge in [-0.1, -0.05) is 47.5 Å². The topological polar surface area (TPSA) is 65.0 Å². The van der Waals surface area contributed by atoms with E-state index < -0.39 is 16.6 Å². The fraction of sp³-hybridized carbons (Fsp3) is 0.286. The van der Waals surface area contributed by atoms with Crippen LogP contribution in [-0.4, -0.2) is 29.6 Å². The minimum Gasteiger partial charge on any atom is -0.503 e. The summed E-state index contributed by atoms with van der Waals surface area (Å²) in [5.74, 6) is -0.950. The molecule has 2 aromatic rings. The zero-order chi connectivity index (χ0) is 22.1. The van der Waals surface area contributed by atoms with Crippen LogP contribution in [0.4, 0.5) is 0 Å². The van der Waals surface area contributed by atoms with Crippen LogP contribution in [0.25, 0.3) is 5.57 Å². The molecule has 1 fully saturated rings. The Morgan fingerprint density at radius 1 is 1.20 bits per heavy atom. The highest BCUT2D eigenvalue weighted by Gasteiger charge is 2.54. The Balaban J connectivity index is 1.94. The predicted molar refractivity (Wildman–Crippen MR) is 118 cm³/mol. The molecule has 0 bridgehead atoms. The first-order valence-corrected chi connectivity index (χ1v) is 10.3. The Labute approximate surface area is 194 Å². The van der Waals surface area contributed by atoms with Crippen molar-refractivity contribution in [3.63, 3.8) is 0 Å². The molecule has 0 amide bonds. The Morgan fingerprint density at radius 2 is 1.80 bits per heavy atom. The second-order valence-electron chi connectivity index (χ2n) is 6.66. The smallest absolute Gasteiger partial charge is 0.339 e. The van der Waals surface area contributed by atoms with E-state index in [4.69, 9.17) is 60.6 Å². The number of carbonyl (C=O) groups is 1. The fourth-order valence-corrected chi connectivity index (χ4v) is 4.40. The normalized spacial score (nSPS) is 18.6. The molecule has 1 saturated carbocycles. The fourth-order valence-electron chi connectivity index (χ4n) is 3.15. The summed E-state index contributed by atoms with van der Waals surface area (Å²) in [5.41, 5.74) is 1.50. The highest BCUT2D eigenvalue weighted by Crippen LogP contribution is 2.62. The van der Waals surface area contributed by atoms with Crippen molar-refractivity contribution >= 4 is 57.9 Å². The third-order valence-corrected chi connectivity index (χ3v) is 6.12. The van der Waals surface area contributed by atoms with Crippen molar-refractivity contribution < 1.29 is 24.1 Å². The molecule has 0 radical (unpaired) electrons. The molecule has 0 heterocycles. The van der Waals surface area contributed by atoms with Gasteiger partial charge in [0.2, 0.25) is 6.29 Å². The maximum absolute atomic E-state index is 11.7. The van der Waals surface area contributed by atoms with Gasteiger partial charge in [0.15, 0.2) is 0 Å². The molecule has 3 rings (SSSR count).